The highest BCUT2D eigenvalue weighted by atomic mass is 35.5. The van der Waals surface area contributed by atoms with Crippen LogP contribution in [-0.4, -0.2) is 23.5 Å². The van der Waals surface area contributed by atoms with Gasteiger partial charge >= 0.3 is 0 Å². The van der Waals surface area contributed by atoms with Crippen molar-refractivity contribution in [3.63, 3.8) is 0 Å². The quantitative estimate of drug-likeness (QED) is 0.862. The number of hydrogen-bond acceptors (Lipinski definition) is 3. The molecule has 2 atom stereocenters. The smallest absolute Gasteiger partial charge is 0.271 e. The number of nitrogens with one attached hydrogen (secondary N) is 2. The van der Waals surface area contributed by atoms with E-state index in [2.05, 4.69) is 22.5 Å². The van der Waals surface area contributed by atoms with Crippen molar-refractivity contribution in [3.05, 3.63) is 22.8 Å². The van der Waals surface area contributed by atoms with Gasteiger partial charge in [-0.05, 0) is 31.4 Å². The number of nitrogens with zero attached hydrogens (tertiary/aromatic N) is 1. The molecule has 0 aliphatic heterocycles. The molecule has 1 fully saturated rings. The van der Waals surface area contributed by atoms with E-state index in [-0.39, 0.29) is 5.91 Å². The molecule has 2 N–H and O–H groups in total. The minimum absolute atomic E-state index is 0.180. The van der Waals surface area contributed by atoms with Gasteiger partial charge in [-0.2, -0.15) is 0 Å². The molecule has 98 valence electrons. The predicted octanol–water partition coefficient (Wildman–Crippen LogP) is 2.70. The zero-order valence-corrected chi connectivity index (χ0v) is 11.4. The molecule has 1 aliphatic carbocycles. The Morgan fingerprint density at radius 2 is 2.28 bits per heavy atom. The second-order valence-electron chi connectivity index (χ2n) is 4.54. The molecule has 0 radical (unpaired) electrons. The fourth-order valence-electron chi connectivity index (χ4n) is 1.99. The lowest BCUT2D eigenvalue weighted by molar-refractivity contribution is 0.0944. The van der Waals surface area contributed by atoms with Gasteiger partial charge in [0.2, 0.25) is 0 Å². The van der Waals surface area contributed by atoms with Gasteiger partial charge in [-0.25, -0.2) is 4.98 Å². The van der Waals surface area contributed by atoms with Crippen LogP contribution in [0.4, 0.5) is 5.82 Å². The van der Waals surface area contributed by atoms with Gasteiger partial charge in [-0.1, -0.05) is 24.9 Å². The van der Waals surface area contributed by atoms with Crippen LogP contribution in [0.15, 0.2) is 12.1 Å². The van der Waals surface area contributed by atoms with Crippen molar-refractivity contribution in [3.8, 4) is 0 Å². The standard InChI is InChI=1S/C13H18ClN3O/c1-3-8-7-10(8)16-13(18)12-9(14)5-6-11(17-12)15-4-2/h5-6,8,10H,3-4,7H2,1-2H3,(H,15,17)(H,16,18). The van der Waals surface area contributed by atoms with E-state index in [0.717, 1.165) is 19.4 Å². The van der Waals surface area contributed by atoms with Crippen molar-refractivity contribution in [2.45, 2.75) is 32.7 Å². The highest BCUT2D eigenvalue weighted by Crippen LogP contribution is 2.33. The molecule has 1 heterocycles. The Morgan fingerprint density at radius 1 is 1.50 bits per heavy atom. The first kappa shape index (κ1) is 13.1. The third-order valence-electron chi connectivity index (χ3n) is 3.18. The molecule has 0 spiro atoms. The third kappa shape index (κ3) is 2.93. The first-order valence-electron chi connectivity index (χ1n) is 6.37. The van der Waals surface area contributed by atoms with Gasteiger partial charge in [0.1, 0.15) is 11.5 Å². The molecule has 5 heteroatoms. The summed E-state index contributed by atoms with van der Waals surface area (Å²) in [5.41, 5.74) is 0.303. The predicted molar refractivity (Wildman–Crippen MR) is 73.1 cm³/mol. The molecule has 1 amide bonds. The van der Waals surface area contributed by atoms with Gasteiger partial charge in [-0.15, -0.1) is 0 Å². The number of carbonyl (C=O) groups excluding carboxylic acids is 1. The van der Waals surface area contributed by atoms with Crippen LogP contribution >= 0.6 is 11.6 Å². The number of carbonyl (C=O) groups is 1. The minimum Gasteiger partial charge on any atom is -0.370 e. The van der Waals surface area contributed by atoms with Gasteiger partial charge in [0.15, 0.2) is 0 Å². The zero-order valence-electron chi connectivity index (χ0n) is 10.7. The van der Waals surface area contributed by atoms with E-state index in [1.54, 1.807) is 12.1 Å². The van der Waals surface area contributed by atoms with Crippen LogP contribution in [0.25, 0.3) is 0 Å². The first-order chi connectivity index (χ1) is 8.65. The largest absolute Gasteiger partial charge is 0.370 e. The Kier molecular flexibility index (Phi) is 4.07. The van der Waals surface area contributed by atoms with Crippen LogP contribution in [-0.2, 0) is 0 Å². The number of rotatable bonds is 5. The molecule has 1 aliphatic rings. The summed E-state index contributed by atoms with van der Waals surface area (Å²) in [5, 5.41) is 6.43. The van der Waals surface area contributed by atoms with Crippen LogP contribution in [0.5, 0.6) is 0 Å². The summed E-state index contributed by atoms with van der Waals surface area (Å²) in [5.74, 6) is 1.11. The Morgan fingerprint density at radius 3 is 2.89 bits per heavy atom. The molecule has 0 saturated heterocycles. The van der Waals surface area contributed by atoms with E-state index in [9.17, 15) is 4.79 Å². The second-order valence-corrected chi connectivity index (χ2v) is 4.95. The Labute approximate surface area is 112 Å². The Hall–Kier alpha value is -1.29. The molecule has 18 heavy (non-hydrogen) atoms. The van der Waals surface area contributed by atoms with Gasteiger partial charge in [0, 0.05) is 12.6 Å². The van der Waals surface area contributed by atoms with Crippen LogP contribution in [0.1, 0.15) is 37.2 Å². The number of anilines is 1. The lowest BCUT2D eigenvalue weighted by Crippen LogP contribution is -2.28. The average molecular weight is 268 g/mol. The fraction of sp³-hybridized carbons (Fsp3) is 0.538. The number of hydrogen-bond donors (Lipinski definition) is 2. The molecule has 2 rings (SSSR count). The molecule has 4 nitrogen and oxygen atoms in total. The summed E-state index contributed by atoms with van der Waals surface area (Å²) in [6.45, 7) is 4.87. The van der Waals surface area contributed by atoms with E-state index in [1.807, 2.05) is 6.92 Å². The van der Waals surface area contributed by atoms with Crippen molar-refractivity contribution in [2.24, 2.45) is 5.92 Å². The fourth-order valence-corrected chi connectivity index (χ4v) is 2.18. The highest BCUT2D eigenvalue weighted by Gasteiger charge is 2.37. The molecular formula is C13H18ClN3O. The summed E-state index contributed by atoms with van der Waals surface area (Å²) in [6, 6.07) is 3.77. The monoisotopic (exact) mass is 267 g/mol. The van der Waals surface area contributed by atoms with Gasteiger partial charge in [0.05, 0.1) is 5.02 Å². The third-order valence-corrected chi connectivity index (χ3v) is 3.49. The van der Waals surface area contributed by atoms with E-state index >= 15 is 0 Å². The summed E-state index contributed by atoms with van der Waals surface area (Å²) in [7, 11) is 0. The van der Waals surface area contributed by atoms with Crippen molar-refractivity contribution in [2.75, 3.05) is 11.9 Å². The summed E-state index contributed by atoms with van der Waals surface area (Å²) in [4.78, 5) is 16.3. The summed E-state index contributed by atoms with van der Waals surface area (Å²) < 4.78 is 0. The Balaban J connectivity index is 2.06. The van der Waals surface area contributed by atoms with Crippen LogP contribution < -0.4 is 10.6 Å². The van der Waals surface area contributed by atoms with Crippen molar-refractivity contribution in [1.82, 2.24) is 10.3 Å². The number of aromatic nitrogens is 1. The number of halogens is 1. The molecular weight excluding hydrogens is 250 g/mol. The first-order valence-corrected chi connectivity index (χ1v) is 6.74. The van der Waals surface area contributed by atoms with E-state index in [0.29, 0.717) is 28.5 Å². The van der Waals surface area contributed by atoms with Crippen LogP contribution in [0.2, 0.25) is 5.02 Å². The SMILES string of the molecule is CCNc1ccc(Cl)c(C(=O)NC2CC2CC)n1. The molecule has 0 aromatic carbocycles. The van der Waals surface area contributed by atoms with Gasteiger partial charge in [0.25, 0.3) is 5.91 Å². The lowest BCUT2D eigenvalue weighted by Gasteiger charge is -2.08. The molecule has 2 unspecified atom stereocenters. The normalized spacial score (nSPS) is 21.5. The topological polar surface area (TPSA) is 54.0 Å². The maximum Gasteiger partial charge on any atom is 0.271 e. The summed E-state index contributed by atoms with van der Waals surface area (Å²) in [6.07, 6.45) is 2.16. The molecule has 1 saturated carbocycles. The molecule has 1 aromatic rings. The van der Waals surface area contributed by atoms with E-state index < -0.39 is 0 Å². The van der Waals surface area contributed by atoms with Gasteiger partial charge in [-0.3, -0.25) is 4.79 Å². The minimum atomic E-state index is -0.180. The van der Waals surface area contributed by atoms with Crippen LogP contribution in [0, 0.1) is 5.92 Å². The Bertz CT molecular complexity index is 450. The number of pyridine rings is 1. The molecule has 1 aromatic heterocycles. The van der Waals surface area contributed by atoms with Crippen LogP contribution in [0.3, 0.4) is 0 Å². The zero-order chi connectivity index (χ0) is 13.1. The lowest BCUT2D eigenvalue weighted by atomic mass is 10.3. The molecule has 0 bridgehead atoms. The van der Waals surface area contributed by atoms with E-state index in [4.69, 9.17) is 11.6 Å². The number of amides is 1. The highest BCUT2D eigenvalue weighted by molar-refractivity contribution is 6.33. The van der Waals surface area contributed by atoms with Crippen molar-refractivity contribution < 1.29 is 4.79 Å². The average Bonchev–Trinajstić information content (AvgIpc) is 3.10. The summed E-state index contributed by atoms with van der Waals surface area (Å²) >= 11 is 6.01. The maximum absolute atomic E-state index is 12.0. The maximum atomic E-state index is 12.0. The van der Waals surface area contributed by atoms with Crippen molar-refractivity contribution >= 4 is 23.3 Å². The second kappa shape index (κ2) is 5.57. The van der Waals surface area contributed by atoms with Gasteiger partial charge < -0.3 is 10.6 Å². The van der Waals surface area contributed by atoms with Crippen molar-refractivity contribution in [1.29, 1.82) is 0 Å². The van der Waals surface area contributed by atoms with E-state index in [1.165, 1.54) is 0 Å².